The molecule has 0 N–H and O–H groups in total. The topological polar surface area (TPSA) is 26.0 Å². The molecule has 0 amide bonds. The first-order valence-electron chi connectivity index (χ1n) is 2.86. The zero-order valence-electron chi connectivity index (χ0n) is 5.44. The zero-order valence-corrected chi connectivity index (χ0v) is 7.03. The van der Waals surface area contributed by atoms with E-state index in [4.69, 9.17) is 4.42 Å². The third-order valence-electron chi connectivity index (χ3n) is 1.09. The Labute approximate surface area is 62.4 Å². The predicted octanol–water partition coefficient (Wildman–Crippen LogP) is 2.31. The van der Waals surface area contributed by atoms with Crippen LogP contribution in [0.1, 0.15) is 18.6 Å². The number of hydrogen-bond acceptors (Lipinski definition) is 2. The van der Waals surface area contributed by atoms with Gasteiger partial charge in [0, 0.05) is 6.42 Å². The molecule has 0 aromatic carbocycles. The molecule has 9 heavy (non-hydrogen) atoms. The fourth-order valence-corrected chi connectivity index (χ4v) is 0.860. The third kappa shape index (κ3) is 1.33. The Morgan fingerprint density at radius 3 is 2.56 bits per heavy atom. The van der Waals surface area contributed by atoms with Gasteiger partial charge in [0.1, 0.15) is 10.4 Å². The van der Waals surface area contributed by atoms with Crippen LogP contribution in [0.5, 0.6) is 0 Å². The second-order valence-corrected chi connectivity index (χ2v) is 2.56. The number of hydrogen-bond donors (Lipinski definition) is 0. The summed E-state index contributed by atoms with van der Waals surface area (Å²) in [4.78, 5) is 4.08. The summed E-state index contributed by atoms with van der Waals surface area (Å²) >= 11 is 3.25. The first-order chi connectivity index (χ1) is 4.24. The summed E-state index contributed by atoms with van der Waals surface area (Å²) in [5.74, 6) is 1.64. The molecule has 0 aliphatic rings. The lowest BCUT2D eigenvalue weighted by Crippen LogP contribution is -1.74. The first-order valence-corrected chi connectivity index (χ1v) is 3.65. The van der Waals surface area contributed by atoms with Crippen molar-refractivity contribution in [2.24, 2.45) is 0 Å². The molecule has 0 spiro atoms. The van der Waals surface area contributed by atoms with Gasteiger partial charge in [-0.1, -0.05) is 6.92 Å². The summed E-state index contributed by atoms with van der Waals surface area (Å²) in [5, 5.41) is 0. The van der Waals surface area contributed by atoms with Crippen LogP contribution in [0.4, 0.5) is 0 Å². The lowest BCUT2D eigenvalue weighted by atomic mass is 10.5. The first kappa shape index (κ1) is 6.81. The summed E-state index contributed by atoms with van der Waals surface area (Å²) in [6.45, 7) is 3.90. The van der Waals surface area contributed by atoms with Crippen molar-refractivity contribution in [3.8, 4) is 0 Å². The highest BCUT2D eigenvalue weighted by molar-refractivity contribution is 9.10. The molecule has 50 valence electrons. The molecule has 0 aliphatic heterocycles. The van der Waals surface area contributed by atoms with Crippen LogP contribution in [-0.2, 0) is 6.42 Å². The second kappa shape index (κ2) is 2.52. The molecule has 0 aliphatic carbocycles. The van der Waals surface area contributed by atoms with Crippen molar-refractivity contribution in [3.05, 3.63) is 16.3 Å². The maximum Gasteiger partial charge on any atom is 0.195 e. The molecule has 2 nitrogen and oxygen atoms in total. The standard InChI is InChI=1S/C6H8BrNO/c1-3-5-8-6(7)4(2)9-5/h3H2,1-2H3. The van der Waals surface area contributed by atoms with Gasteiger partial charge in [-0.05, 0) is 22.9 Å². The van der Waals surface area contributed by atoms with Crippen LogP contribution in [0.15, 0.2) is 9.02 Å². The Morgan fingerprint density at radius 2 is 2.33 bits per heavy atom. The average molecular weight is 190 g/mol. The summed E-state index contributed by atoms with van der Waals surface area (Å²) in [7, 11) is 0. The number of aryl methyl sites for hydroxylation is 2. The Hall–Kier alpha value is -0.310. The molecule has 1 heterocycles. The SMILES string of the molecule is CCc1nc(Br)c(C)o1. The van der Waals surface area contributed by atoms with Crippen molar-refractivity contribution in [3.63, 3.8) is 0 Å². The maximum absolute atomic E-state index is 5.21. The monoisotopic (exact) mass is 189 g/mol. The second-order valence-electron chi connectivity index (χ2n) is 1.81. The van der Waals surface area contributed by atoms with Gasteiger partial charge >= 0.3 is 0 Å². The highest BCUT2D eigenvalue weighted by Crippen LogP contribution is 2.15. The van der Waals surface area contributed by atoms with Crippen LogP contribution in [-0.4, -0.2) is 4.98 Å². The van der Waals surface area contributed by atoms with Gasteiger partial charge in [0.15, 0.2) is 5.89 Å². The lowest BCUT2D eigenvalue weighted by Gasteiger charge is -1.80. The van der Waals surface area contributed by atoms with Gasteiger partial charge in [-0.15, -0.1) is 0 Å². The normalized spacial score (nSPS) is 10.1. The van der Waals surface area contributed by atoms with E-state index in [1.54, 1.807) is 0 Å². The number of nitrogens with zero attached hydrogens (tertiary/aromatic N) is 1. The molecule has 1 rings (SSSR count). The van der Waals surface area contributed by atoms with Crippen molar-refractivity contribution in [2.75, 3.05) is 0 Å². The van der Waals surface area contributed by atoms with Crippen molar-refractivity contribution >= 4 is 15.9 Å². The molecule has 0 fully saturated rings. The van der Waals surface area contributed by atoms with Gasteiger partial charge in [-0.25, -0.2) is 4.98 Å². The Bertz CT molecular complexity index is 187. The van der Waals surface area contributed by atoms with Crippen LogP contribution in [0.2, 0.25) is 0 Å². The van der Waals surface area contributed by atoms with Crippen LogP contribution < -0.4 is 0 Å². The van der Waals surface area contributed by atoms with E-state index in [0.29, 0.717) is 0 Å². The number of halogens is 1. The highest BCUT2D eigenvalue weighted by atomic mass is 79.9. The quantitative estimate of drug-likeness (QED) is 0.678. The van der Waals surface area contributed by atoms with E-state index in [1.165, 1.54) is 0 Å². The van der Waals surface area contributed by atoms with Crippen molar-refractivity contribution in [2.45, 2.75) is 20.3 Å². The lowest BCUT2D eigenvalue weighted by molar-refractivity contribution is 0.476. The summed E-state index contributed by atoms with van der Waals surface area (Å²) in [6.07, 6.45) is 0.854. The van der Waals surface area contributed by atoms with Crippen LogP contribution in [0.25, 0.3) is 0 Å². The molecular formula is C6H8BrNO. The minimum atomic E-state index is 0.791. The molecule has 1 aromatic rings. The minimum absolute atomic E-state index is 0.791. The Balaban J connectivity index is 2.98. The smallest absolute Gasteiger partial charge is 0.195 e. The molecule has 0 bridgehead atoms. The van der Waals surface area contributed by atoms with E-state index in [1.807, 2.05) is 13.8 Å². The van der Waals surface area contributed by atoms with Gasteiger partial charge in [0.2, 0.25) is 0 Å². The van der Waals surface area contributed by atoms with Crippen LogP contribution in [0.3, 0.4) is 0 Å². The van der Waals surface area contributed by atoms with E-state index < -0.39 is 0 Å². The molecular weight excluding hydrogens is 182 g/mol. The number of aromatic nitrogens is 1. The predicted molar refractivity (Wildman–Crippen MR) is 38.3 cm³/mol. The van der Waals surface area contributed by atoms with Gasteiger partial charge in [0.25, 0.3) is 0 Å². The highest BCUT2D eigenvalue weighted by Gasteiger charge is 2.02. The van der Waals surface area contributed by atoms with Gasteiger partial charge < -0.3 is 4.42 Å². The fraction of sp³-hybridized carbons (Fsp3) is 0.500. The van der Waals surface area contributed by atoms with Crippen LogP contribution in [0, 0.1) is 6.92 Å². The molecule has 3 heteroatoms. The Kier molecular flexibility index (Phi) is 1.90. The van der Waals surface area contributed by atoms with Crippen molar-refractivity contribution in [1.29, 1.82) is 0 Å². The van der Waals surface area contributed by atoms with E-state index >= 15 is 0 Å². The number of oxazole rings is 1. The molecule has 0 saturated carbocycles. The molecule has 1 aromatic heterocycles. The zero-order chi connectivity index (χ0) is 6.85. The average Bonchev–Trinajstić information content (AvgIpc) is 2.13. The van der Waals surface area contributed by atoms with Crippen molar-refractivity contribution < 1.29 is 4.42 Å². The minimum Gasteiger partial charge on any atom is -0.445 e. The third-order valence-corrected chi connectivity index (χ3v) is 1.82. The summed E-state index contributed by atoms with van der Waals surface area (Å²) in [5.41, 5.74) is 0. The molecule has 0 saturated heterocycles. The number of rotatable bonds is 1. The fourth-order valence-electron chi connectivity index (χ4n) is 0.581. The van der Waals surface area contributed by atoms with E-state index in [-0.39, 0.29) is 0 Å². The maximum atomic E-state index is 5.21. The molecule has 0 atom stereocenters. The van der Waals surface area contributed by atoms with E-state index in [2.05, 4.69) is 20.9 Å². The van der Waals surface area contributed by atoms with Gasteiger partial charge in [-0.2, -0.15) is 0 Å². The van der Waals surface area contributed by atoms with E-state index in [9.17, 15) is 0 Å². The van der Waals surface area contributed by atoms with Gasteiger partial charge in [-0.3, -0.25) is 0 Å². The summed E-state index contributed by atoms with van der Waals surface area (Å²) < 4.78 is 6.02. The van der Waals surface area contributed by atoms with Gasteiger partial charge in [0.05, 0.1) is 0 Å². The molecule has 0 unspecified atom stereocenters. The van der Waals surface area contributed by atoms with Crippen LogP contribution >= 0.6 is 15.9 Å². The largest absolute Gasteiger partial charge is 0.445 e. The van der Waals surface area contributed by atoms with Crippen molar-refractivity contribution in [1.82, 2.24) is 4.98 Å². The Morgan fingerprint density at radius 1 is 1.67 bits per heavy atom. The van der Waals surface area contributed by atoms with E-state index in [0.717, 1.165) is 22.7 Å². The molecule has 0 radical (unpaired) electrons. The summed E-state index contributed by atoms with van der Waals surface area (Å²) in [6, 6.07) is 0.